The summed E-state index contributed by atoms with van der Waals surface area (Å²) in [5.41, 5.74) is 0.681. The van der Waals surface area contributed by atoms with Crippen molar-refractivity contribution in [1.29, 1.82) is 5.26 Å². The smallest absolute Gasteiger partial charge is 0.269 e. The summed E-state index contributed by atoms with van der Waals surface area (Å²) in [6.07, 6.45) is 4.48. The third kappa shape index (κ3) is 4.69. The van der Waals surface area contributed by atoms with Crippen LogP contribution >= 0.6 is 0 Å². The summed E-state index contributed by atoms with van der Waals surface area (Å²) in [4.78, 5) is 22.1. The molecule has 0 unspecified atom stereocenters. The van der Waals surface area contributed by atoms with Crippen molar-refractivity contribution in [2.75, 3.05) is 0 Å². The first kappa shape index (κ1) is 18.2. The minimum atomic E-state index is -0.628. The van der Waals surface area contributed by atoms with Crippen LogP contribution in [0, 0.1) is 21.4 Å². The Morgan fingerprint density at radius 1 is 1.15 bits per heavy atom. The molecule has 0 saturated heterocycles. The number of benzene rings is 2. The fraction of sp³-hybridized carbons (Fsp3) is 0. The number of hydrogen-bond acceptors (Lipinski definition) is 6. The molecule has 0 atom stereocenters. The van der Waals surface area contributed by atoms with E-state index >= 15 is 0 Å². The number of hydrogen-bond donors (Lipinski definition) is 3. The molecule has 0 aliphatic heterocycles. The summed E-state index contributed by atoms with van der Waals surface area (Å²) in [5, 5.41) is 40.7. The zero-order chi connectivity index (χ0) is 19.1. The fourth-order valence-electron chi connectivity index (χ4n) is 1.93. The first-order valence-corrected chi connectivity index (χ1v) is 7.27. The van der Waals surface area contributed by atoms with Gasteiger partial charge < -0.3 is 15.5 Å². The van der Waals surface area contributed by atoms with Crippen LogP contribution in [0.2, 0.25) is 0 Å². The minimum Gasteiger partial charge on any atom is -0.504 e. The standard InChI is InChI=1S/C18H13N3O5/c19-11-14(20-18(24)13-6-9-16(22)17(23)10-13)3-1-2-12-4-7-15(8-5-12)21(25)26/h1-10,22-23H,(H,20,24)/b2-1+,14-3+. The van der Waals surface area contributed by atoms with Crippen molar-refractivity contribution in [1.82, 2.24) is 5.32 Å². The number of non-ortho nitro benzene ring substituents is 1. The number of nitro benzene ring substituents is 1. The molecular weight excluding hydrogens is 338 g/mol. The summed E-state index contributed by atoms with van der Waals surface area (Å²) < 4.78 is 0. The molecule has 0 bridgehead atoms. The van der Waals surface area contributed by atoms with Crippen molar-refractivity contribution < 1.29 is 19.9 Å². The van der Waals surface area contributed by atoms with Gasteiger partial charge >= 0.3 is 0 Å². The van der Waals surface area contributed by atoms with E-state index in [-0.39, 0.29) is 22.7 Å². The van der Waals surface area contributed by atoms with Crippen LogP contribution in [0.5, 0.6) is 11.5 Å². The van der Waals surface area contributed by atoms with Crippen molar-refractivity contribution in [3.05, 3.63) is 81.6 Å². The van der Waals surface area contributed by atoms with Gasteiger partial charge in [-0.1, -0.05) is 12.2 Å². The Labute approximate surface area is 148 Å². The first-order valence-electron chi connectivity index (χ1n) is 7.27. The third-order valence-corrected chi connectivity index (χ3v) is 3.26. The monoisotopic (exact) mass is 351 g/mol. The van der Waals surface area contributed by atoms with Gasteiger partial charge in [-0.2, -0.15) is 5.26 Å². The van der Waals surface area contributed by atoms with E-state index in [0.29, 0.717) is 5.56 Å². The predicted molar refractivity (Wildman–Crippen MR) is 93.1 cm³/mol. The topological polar surface area (TPSA) is 136 Å². The highest BCUT2D eigenvalue weighted by Crippen LogP contribution is 2.24. The van der Waals surface area contributed by atoms with Crippen LogP contribution in [-0.4, -0.2) is 21.0 Å². The normalized spacial score (nSPS) is 11.1. The summed E-state index contributed by atoms with van der Waals surface area (Å²) in [5.74, 6) is -1.43. The molecular formula is C18H13N3O5. The van der Waals surface area contributed by atoms with Gasteiger partial charge in [-0.15, -0.1) is 0 Å². The number of nitrogens with one attached hydrogen (secondary N) is 1. The van der Waals surface area contributed by atoms with Crippen LogP contribution in [0.25, 0.3) is 6.08 Å². The van der Waals surface area contributed by atoms with E-state index in [2.05, 4.69) is 5.32 Å². The molecule has 26 heavy (non-hydrogen) atoms. The number of phenolic OH excluding ortho intramolecular Hbond substituents is 2. The molecule has 0 fully saturated rings. The zero-order valence-electron chi connectivity index (χ0n) is 13.3. The lowest BCUT2D eigenvalue weighted by Crippen LogP contribution is -2.21. The molecule has 2 aromatic carbocycles. The van der Waals surface area contributed by atoms with Gasteiger partial charge in [0.1, 0.15) is 11.8 Å². The molecule has 1 amide bonds. The second-order valence-corrected chi connectivity index (χ2v) is 5.06. The molecule has 0 aliphatic rings. The van der Waals surface area contributed by atoms with Crippen LogP contribution in [0.3, 0.4) is 0 Å². The lowest BCUT2D eigenvalue weighted by atomic mass is 10.1. The molecule has 8 nitrogen and oxygen atoms in total. The van der Waals surface area contributed by atoms with Crippen LogP contribution in [0.1, 0.15) is 15.9 Å². The van der Waals surface area contributed by atoms with E-state index in [4.69, 9.17) is 5.26 Å². The average molecular weight is 351 g/mol. The molecule has 0 spiro atoms. The van der Waals surface area contributed by atoms with Crippen molar-refractivity contribution in [2.24, 2.45) is 0 Å². The van der Waals surface area contributed by atoms with Gasteiger partial charge in [0.25, 0.3) is 11.6 Å². The van der Waals surface area contributed by atoms with E-state index in [0.717, 1.165) is 12.1 Å². The largest absolute Gasteiger partial charge is 0.504 e. The molecule has 0 saturated carbocycles. The van der Waals surface area contributed by atoms with E-state index in [1.165, 1.54) is 30.4 Å². The Morgan fingerprint density at radius 2 is 1.85 bits per heavy atom. The van der Waals surface area contributed by atoms with Crippen LogP contribution in [-0.2, 0) is 0 Å². The van der Waals surface area contributed by atoms with Gasteiger partial charge in [0.05, 0.1) is 4.92 Å². The zero-order valence-corrected chi connectivity index (χ0v) is 13.3. The number of aromatic hydroxyl groups is 2. The molecule has 0 aliphatic carbocycles. The van der Waals surface area contributed by atoms with Crippen molar-refractivity contribution in [2.45, 2.75) is 0 Å². The Bertz CT molecular complexity index is 940. The molecule has 0 aromatic heterocycles. The number of nitriles is 1. The summed E-state index contributed by atoms with van der Waals surface area (Å²) in [7, 11) is 0. The molecule has 2 rings (SSSR count). The number of nitro groups is 1. The van der Waals surface area contributed by atoms with Gasteiger partial charge in [0, 0.05) is 17.7 Å². The van der Waals surface area contributed by atoms with E-state index in [1.807, 2.05) is 6.07 Å². The van der Waals surface area contributed by atoms with Gasteiger partial charge in [-0.3, -0.25) is 14.9 Å². The van der Waals surface area contributed by atoms with E-state index in [9.17, 15) is 25.1 Å². The summed E-state index contributed by atoms with van der Waals surface area (Å²) >= 11 is 0. The lowest BCUT2D eigenvalue weighted by Gasteiger charge is -2.04. The number of carbonyl (C=O) groups excluding carboxylic acids is 1. The highest BCUT2D eigenvalue weighted by Gasteiger charge is 2.10. The maximum absolute atomic E-state index is 12.0. The SMILES string of the molecule is N#C/C(=C\C=C\c1ccc([N+](=O)[O-])cc1)NC(=O)c1ccc(O)c(O)c1. The van der Waals surface area contributed by atoms with Gasteiger partial charge in [0.15, 0.2) is 11.5 Å². The molecule has 0 heterocycles. The Hall–Kier alpha value is -4.12. The first-order chi connectivity index (χ1) is 12.4. The van der Waals surface area contributed by atoms with E-state index in [1.54, 1.807) is 18.2 Å². The number of nitrogens with zero attached hydrogens (tertiary/aromatic N) is 2. The molecule has 2 aromatic rings. The maximum Gasteiger partial charge on any atom is 0.269 e. The van der Waals surface area contributed by atoms with Crippen LogP contribution < -0.4 is 5.32 Å². The minimum absolute atomic E-state index is 0.0279. The Kier molecular flexibility index (Phi) is 5.69. The lowest BCUT2D eigenvalue weighted by molar-refractivity contribution is -0.384. The highest BCUT2D eigenvalue weighted by molar-refractivity contribution is 5.96. The van der Waals surface area contributed by atoms with E-state index < -0.39 is 16.6 Å². The number of rotatable bonds is 5. The number of carbonyl (C=O) groups is 1. The van der Waals surface area contributed by atoms with Crippen molar-refractivity contribution in [3.8, 4) is 17.6 Å². The third-order valence-electron chi connectivity index (χ3n) is 3.26. The number of phenols is 2. The molecule has 3 N–H and O–H groups in total. The van der Waals surface area contributed by atoms with Crippen LogP contribution in [0.15, 0.2) is 60.3 Å². The number of allylic oxidation sites excluding steroid dienone is 3. The second kappa shape index (κ2) is 8.12. The fourth-order valence-corrected chi connectivity index (χ4v) is 1.93. The van der Waals surface area contributed by atoms with Gasteiger partial charge in [-0.25, -0.2) is 0 Å². The van der Waals surface area contributed by atoms with Gasteiger partial charge in [0.2, 0.25) is 0 Å². The van der Waals surface area contributed by atoms with Gasteiger partial charge in [-0.05, 0) is 42.0 Å². The highest BCUT2D eigenvalue weighted by atomic mass is 16.6. The van der Waals surface area contributed by atoms with Crippen molar-refractivity contribution in [3.63, 3.8) is 0 Å². The Balaban J connectivity index is 2.07. The predicted octanol–water partition coefficient (Wildman–Crippen LogP) is 2.86. The van der Waals surface area contributed by atoms with Crippen molar-refractivity contribution >= 4 is 17.7 Å². The maximum atomic E-state index is 12.0. The summed E-state index contributed by atoms with van der Waals surface area (Å²) in [6.45, 7) is 0. The quantitative estimate of drug-likeness (QED) is 0.249. The van der Waals surface area contributed by atoms with Crippen LogP contribution in [0.4, 0.5) is 5.69 Å². The second-order valence-electron chi connectivity index (χ2n) is 5.06. The number of amides is 1. The molecule has 0 radical (unpaired) electrons. The molecule has 130 valence electrons. The Morgan fingerprint density at radius 3 is 2.42 bits per heavy atom. The molecule has 8 heteroatoms. The average Bonchev–Trinajstić information content (AvgIpc) is 2.63. The summed E-state index contributed by atoms with van der Waals surface area (Å²) in [6, 6.07) is 11.2.